The van der Waals surface area contributed by atoms with Crippen LogP contribution in [0.15, 0.2) is 0 Å². The maximum atomic E-state index is 10.8. The van der Waals surface area contributed by atoms with Crippen LogP contribution in [0.1, 0.15) is 6.42 Å². The summed E-state index contributed by atoms with van der Waals surface area (Å²) in [6.07, 6.45) is 0.603. The van der Waals surface area contributed by atoms with Gasteiger partial charge in [0.25, 0.3) is 0 Å². The van der Waals surface area contributed by atoms with E-state index >= 15 is 0 Å². The molecule has 0 aromatic carbocycles. The third-order valence-corrected chi connectivity index (χ3v) is 1.29. The lowest BCUT2D eigenvalue weighted by Crippen LogP contribution is -2.24. The van der Waals surface area contributed by atoms with Gasteiger partial charge in [0.05, 0.1) is 6.61 Å². The SMILES string of the molecule is O=C1CO[CH-]N1CCCO. The van der Waals surface area contributed by atoms with Gasteiger partial charge in [0, 0.05) is 6.61 Å². The van der Waals surface area contributed by atoms with Crippen molar-refractivity contribution in [3.8, 4) is 0 Å². The predicted molar refractivity (Wildman–Crippen MR) is 33.7 cm³/mol. The highest BCUT2D eigenvalue weighted by Gasteiger charge is 2.09. The Morgan fingerprint density at radius 1 is 1.80 bits per heavy atom. The number of carbonyl (C=O) groups excluding carboxylic acids is 1. The predicted octanol–water partition coefficient (Wildman–Crippen LogP) is -0.653. The molecule has 1 aliphatic rings. The van der Waals surface area contributed by atoms with E-state index in [9.17, 15) is 4.79 Å². The summed E-state index contributed by atoms with van der Waals surface area (Å²) in [6, 6.07) is 0. The van der Waals surface area contributed by atoms with Gasteiger partial charge in [0.2, 0.25) is 5.91 Å². The second-order valence-electron chi connectivity index (χ2n) is 2.08. The summed E-state index contributed by atoms with van der Waals surface area (Å²) < 4.78 is 4.74. The second-order valence-corrected chi connectivity index (χ2v) is 2.08. The van der Waals surface area contributed by atoms with Crippen LogP contribution in [-0.4, -0.2) is 35.7 Å². The smallest absolute Gasteiger partial charge is 0.218 e. The molecule has 1 saturated heterocycles. The Hall–Kier alpha value is -0.610. The Labute approximate surface area is 59.4 Å². The first-order valence-corrected chi connectivity index (χ1v) is 3.20. The fourth-order valence-corrected chi connectivity index (χ4v) is 0.759. The highest BCUT2D eigenvalue weighted by Crippen LogP contribution is 2.05. The Morgan fingerprint density at radius 3 is 3.10 bits per heavy atom. The van der Waals surface area contributed by atoms with Crippen molar-refractivity contribution in [1.29, 1.82) is 0 Å². The number of nitrogens with zero attached hydrogens (tertiary/aromatic N) is 1. The first kappa shape index (κ1) is 7.50. The zero-order valence-electron chi connectivity index (χ0n) is 5.62. The number of hydrogen-bond donors (Lipinski definition) is 1. The summed E-state index contributed by atoms with van der Waals surface area (Å²) in [5.41, 5.74) is 0. The standard InChI is InChI=1S/C6H10NO3/c8-3-1-2-7-5-10-4-6(7)9/h5,8H,1-4H2/q-1. The number of aliphatic hydroxyl groups is 1. The molecule has 0 bridgehead atoms. The largest absolute Gasteiger partial charge is 0.525 e. The maximum absolute atomic E-state index is 10.8. The molecule has 4 nitrogen and oxygen atoms in total. The Balaban J connectivity index is 2.20. The summed E-state index contributed by atoms with van der Waals surface area (Å²) >= 11 is 0. The van der Waals surface area contributed by atoms with Gasteiger partial charge in [0.1, 0.15) is 0 Å². The summed E-state index contributed by atoms with van der Waals surface area (Å²) in [7, 11) is 0. The van der Waals surface area contributed by atoms with Crippen LogP contribution in [0, 0.1) is 6.73 Å². The molecule has 1 aliphatic heterocycles. The third kappa shape index (κ3) is 1.68. The first-order chi connectivity index (χ1) is 4.84. The minimum Gasteiger partial charge on any atom is -0.525 e. The monoisotopic (exact) mass is 144 g/mol. The zero-order valence-corrected chi connectivity index (χ0v) is 5.62. The van der Waals surface area contributed by atoms with Gasteiger partial charge >= 0.3 is 0 Å². The fraction of sp³-hybridized carbons (Fsp3) is 0.667. The van der Waals surface area contributed by atoms with Gasteiger partial charge in [0.15, 0.2) is 0 Å². The molecule has 0 spiro atoms. The lowest BCUT2D eigenvalue weighted by atomic mass is 10.4. The number of rotatable bonds is 3. The molecule has 0 aromatic rings. The lowest BCUT2D eigenvalue weighted by molar-refractivity contribution is -0.126. The van der Waals surface area contributed by atoms with Crippen molar-refractivity contribution < 1.29 is 14.6 Å². The number of ether oxygens (including phenoxy) is 1. The summed E-state index contributed by atoms with van der Waals surface area (Å²) in [5.74, 6) is -0.0338. The summed E-state index contributed by atoms with van der Waals surface area (Å²) in [5, 5.41) is 8.42. The number of aliphatic hydroxyl groups excluding tert-OH is 1. The van der Waals surface area contributed by atoms with Gasteiger partial charge < -0.3 is 14.7 Å². The van der Waals surface area contributed by atoms with Crippen LogP contribution in [0.5, 0.6) is 0 Å². The molecular weight excluding hydrogens is 134 g/mol. The van der Waals surface area contributed by atoms with E-state index in [0.717, 1.165) is 0 Å². The van der Waals surface area contributed by atoms with Crippen LogP contribution < -0.4 is 0 Å². The van der Waals surface area contributed by atoms with E-state index < -0.39 is 0 Å². The molecular formula is C6H10NO3-. The van der Waals surface area contributed by atoms with E-state index in [4.69, 9.17) is 9.84 Å². The summed E-state index contributed by atoms with van der Waals surface area (Å²) in [4.78, 5) is 12.2. The van der Waals surface area contributed by atoms with Crippen LogP contribution in [0.3, 0.4) is 0 Å². The van der Waals surface area contributed by atoms with E-state index in [0.29, 0.717) is 13.0 Å². The van der Waals surface area contributed by atoms with Crippen molar-refractivity contribution in [2.75, 3.05) is 19.8 Å². The molecule has 1 rings (SSSR count). The lowest BCUT2D eigenvalue weighted by Gasteiger charge is -2.22. The Bertz CT molecular complexity index is 126. The van der Waals surface area contributed by atoms with Crippen molar-refractivity contribution in [1.82, 2.24) is 4.90 Å². The molecule has 0 saturated carbocycles. The number of amides is 1. The van der Waals surface area contributed by atoms with Gasteiger partial charge in [-0.2, -0.15) is 0 Å². The van der Waals surface area contributed by atoms with Crippen LogP contribution in [0.2, 0.25) is 0 Å². The first-order valence-electron chi connectivity index (χ1n) is 3.20. The highest BCUT2D eigenvalue weighted by atomic mass is 16.5. The van der Waals surface area contributed by atoms with Crippen molar-refractivity contribution in [2.45, 2.75) is 6.42 Å². The average Bonchev–Trinajstić information content (AvgIpc) is 2.31. The molecule has 4 heteroatoms. The topological polar surface area (TPSA) is 49.8 Å². The normalized spacial score (nSPS) is 18.5. The van der Waals surface area contributed by atoms with E-state index in [2.05, 4.69) is 0 Å². The van der Waals surface area contributed by atoms with Crippen molar-refractivity contribution in [3.63, 3.8) is 0 Å². The van der Waals surface area contributed by atoms with Crippen molar-refractivity contribution in [3.05, 3.63) is 6.73 Å². The van der Waals surface area contributed by atoms with Crippen LogP contribution in [-0.2, 0) is 9.53 Å². The minimum atomic E-state index is -0.0338. The molecule has 1 N–H and O–H groups in total. The molecule has 0 aliphatic carbocycles. The molecule has 0 radical (unpaired) electrons. The van der Waals surface area contributed by atoms with E-state index in [-0.39, 0.29) is 19.1 Å². The molecule has 10 heavy (non-hydrogen) atoms. The van der Waals surface area contributed by atoms with Gasteiger partial charge in [-0.1, -0.05) is 0 Å². The molecule has 58 valence electrons. The maximum Gasteiger partial charge on any atom is 0.218 e. The molecule has 1 amide bonds. The second kappa shape index (κ2) is 3.53. The third-order valence-electron chi connectivity index (χ3n) is 1.29. The van der Waals surface area contributed by atoms with Gasteiger partial charge in [-0.3, -0.25) is 4.79 Å². The molecule has 0 atom stereocenters. The molecule has 1 heterocycles. The van der Waals surface area contributed by atoms with Gasteiger partial charge in [-0.15, -0.1) is 6.73 Å². The van der Waals surface area contributed by atoms with E-state index in [1.807, 2.05) is 0 Å². The fourth-order valence-electron chi connectivity index (χ4n) is 0.759. The minimum absolute atomic E-state index is 0.0338. The van der Waals surface area contributed by atoms with Crippen LogP contribution in [0.4, 0.5) is 0 Å². The van der Waals surface area contributed by atoms with Crippen molar-refractivity contribution >= 4 is 5.91 Å². The van der Waals surface area contributed by atoms with Gasteiger partial charge in [-0.05, 0) is 13.0 Å². The Morgan fingerprint density at radius 2 is 2.60 bits per heavy atom. The van der Waals surface area contributed by atoms with Crippen LogP contribution >= 0.6 is 0 Å². The summed E-state index contributed by atoms with van der Waals surface area (Å²) in [6.45, 7) is 2.20. The van der Waals surface area contributed by atoms with E-state index in [1.54, 1.807) is 0 Å². The van der Waals surface area contributed by atoms with Crippen molar-refractivity contribution in [2.24, 2.45) is 0 Å². The Kier molecular flexibility index (Phi) is 2.65. The molecule has 0 aromatic heterocycles. The van der Waals surface area contributed by atoms with Gasteiger partial charge in [-0.25, -0.2) is 0 Å². The number of carbonyl (C=O) groups is 1. The molecule has 0 unspecified atom stereocenters. The quantitative estimate of drug-likeness (QED) is 0.535. The number of hydrogen-bond acceptors (Lipinski definition) is 3. The molecule has 1 fully saturated rings. The van der Waals surface area contributed by atoms with E-state index in [1.165, 1.54) is 11.6 Å². The average molecular weight is 144 g/mol. The zero-order chi connectivity index (χ0) is 7.40. The highest BCUT2D eigenvalue weighted by molar-refractivity contribution is 5.79. The van der Waals surface area contributed by atoms with Crippen LogP contribution in [0.25, 0.3) is 0 Å².